The maximum atomic E-state index is 12.1. The monoisotopic (exact) mass is 366 g/mol. The van der Waals surface area contributed by atoms with Crippen LogP contribution in [0.3, 0.4) is 0 Å². The first kappa shape index (κ1) is 18.4. The van der Waals surface area contributed by atoms with E-state index in [1.807, 2.05) is 19.1 Å². The Bertz CT molecular complexity index is 842. The van der Waals surface area contributed by atoms with E-state index in [1.165, 1.54) is 17.3 Å². The van der Waals surface area contributed by atoms with Crippen LogP contribution in [0, 0.1) is 24.2 Å². The van der Waals surface area contributed by atoms with Gasteiger partial charge in [0.05, 0.1) is 5.56 Å². The second-order valence-electron chi connectivity index (χ2n) is 6.77. The molecule has 1 aliphatic carbocycles. The summed E-state index contributed by atoms with van der Waals surface area (Å²) in [5, 5.41) is 12.9. The van der Waals surface area contributed by atoms with Gasteiger partial charge in [-0.2, -0.15) is 5.26 Å². The summed E-state index contributed by atoms with van der Waals surface area (Å²) in [6.45, 7) is 4.19. The lowest BCUT2D eigenvalue weighted by molar-refractivity contribution is -0.115. The number of nitrogens with zero attached hydrogens (tertiary/aromatic N) is 3. The first-order valence-electron chi connectivity index (χ1n) is 8.83. The third-order valence-corrected chi connectivity index (χ3v) is 5.46. The fourth-order valence-electron chi connectivity index (χ4n) is 3.01. The Morgan fingerprint density at radius 2 is 2.31 bits per heavy atom. The quantitative estimate of drug-likeness (QED) is 0.812. The highest BCUT2D eigenvalue weighted by Crippen LogP contribution is 2.29. The van der Waals surface area contributed by atoms with Gasteiger partial charge in [0.1, 0.15) is 16.9 Å². The third-order valence-electron chi connectivity index (χ3n) is 4.47. The van der Waals surface area contributed by atoms with Gasteiger partial charge in [0.15, 0.2) is 0 Å². The molecule has 3 rings (SSSR count). The highest BCUT2D eigenvalue weighted by Gasteiger charge is 2.19. The SMILES string of the molecule is Cc1ccc(NC(=O)CCSc2nc3c(cc2C#N)CC(C)CC3)nc1. The number of nitriles is 1. The standard InChI is InChI=1S/C20H22N4OS/c1-13-3-5-17-15(9-13)10-16(11-21)20(23-17)26-8-7-19(25)24-18-6-4-14(2)12-22-18/h4,6,10,12-13H,3,5,7-9H2,1-2H3,(H,22,24,25). The maximum absolute atomic E-state index is 12.1. The van der Waals surface area contributed by atoms with E-state index in [0.717, 1.165) is 35.5 Å². The zero-order chi connectivity index (χ0) is 18.5. The van der Waals surface area contributed by atoms with E-state index in [2.05, 4.69) is 23.3 Å². The van der Waals surface area contributed by atoms with Crippen molar-refractivity contribution in [2.24, 2.45) is 5.92 Å². The molecule has 0 saturated carbocycles. The van der Waals surface area contributed by atoms with Gasteiger partial charge in [0, 0.05) is 24.1 Å². The third kappa shape index (κ3) is 4.61. The number of aryl methyl sites for hydroxylation is 2. The molecular formula is C20H22N4OS. The molecule has 2 aromatic heterocycles. The number of rotatable bonds is 5. The molecule has 2 aromatic rings. The van der Waals surface area contributed by atoms with Crippen molar-refractivity contribution in [2.75, 3.05) is 11.1 Å². The Morgan fingerprint density at radius 3 is 3.04 bits per heavy atom. The summed E-state index contributed by atoms with van der Waals surface area (Å²) >= 11 is 1.47. The molecule has 1 unspecified atom stereocenters. The van der Waals surface area contributed by atoms with Crippen molar-refractivity contribution in [3.8, 4) is 6.07 Å². The van der Waals surface area contributed by atoms with Crippen LogP contribution in [0.1, 0.15) is 42.1 Å². The fraction of sp³-hybridized carbons (Fsp3) is 0.400. The predicted octanol–water partition coefficient (Wildman–Crippen LogP) is 3.90. The first-order chi connectivity index (χ1) is 12.5. The van der Waals surface area contributed by atoms with Gasteiger partial charge in [-0.05, 0) is 55.4 Å². The number of hydrogen-bond acceptors (Lipinski definition) is 5. The molecule has 1 N–H and O–H groups in total. The summed E-state index contributed by atoms with van der Waals surface area (Å²) in [6, 6.07) is 7.94. The first-order valence-corrected chi connectivity index (χ1v) is 9.82. The highest BCUT2D eigenvalue weighted by atomic mass is 32.2. The van der Waals surface area contributed by atoms with E-state index in [-0.39, 0.29) is 5.91 Å². The molecule has 1 aliphatic rings. The Morgan fingerprint density at radius 1 is 1.46 bits per heavy atom. The van der Waals surface area contributed by atoms with Crippen molar-refractivity contribution in [1.82, 2.24) is 9.97 Å². The van der Waals surface area contributed by atoms with Crippen molar-refractivity contribution in [3.05, 3.63) is 46.8 Å². The van der Waals surface area contributed by atoms with E-state index in [9.17, 15) is 10.1 Å². The van der Waals surface area contributed by atoms with Crippen molar-refractivity contribution in [3.63, 3.8) is 0 Å². The minimum absolute atomic E-state index is 0.0841. The van der Waals surface area contributed by atoms with Crippen LogP contribution in [-0.4, -0.2) is 21.6 Å². The molecule has 0 saturated heterocycles. The van der Waals surface area contributed by atoms with Crippen LogP contribution in [0.2, 0.25) is 0 Å². The Hall–Kier alpha value is -2.39. The second-order valence-corrected chi connectivity index (χ2v) is 7.86. The summed E-state index contributed by atoms with van der Waals surface area (Å²) in [6.07, 6.45) is 5.17. The van der Waals surface area contributed by atoms with Crippen molar-refractivity contribution in [2.45, 2.75) is 44.6 Å². The van der Waals surface area contributed by atoms with Gasteiger partial charge < -0.3 is 5.32 Å². The van der Waals surface area contributed by atoms with Gasteiger partial charge >= 0.3 is 0 Å². The molecular weight excluding hydrogens is 344 g/mol. The van der Waals surface area contributed by atoms with Gasteiger partial charge in [0.25, 0.3) is 0 Å². The topological polar surface area (TPSA) is 78.7 Å². The molecule has 5 nitrogen and oxygen atoms in total. The van der Waals surface area contributed by atoms with Crippen LogP contribution in [0.25, 0.3) is 0 Å². The fourth-order valence-corrected chi connectivity index (χ4v) is 3.92. The van der Waals surface area contributed by atoms with Crippen molar-refractivity contribution < 1.29 is 4.79 Å². The van der Waals surface area contributed by atoms with E-state index in [0.29, 0.717) is 29.5 Å². The Labute approximate surface area is 158 Å². The molecule has 134 valence electrons. The molecule has 0 aromatic carbocycles. The van der Waals surface area contributed by atoms with Crippen molar-refractivity contribution in [1.29, 1.82) is 5.26 Å². The number of pyridine rings is 2. The average molecular weight is 366 g/mol. The number of amides is 1. The average Bonchev–Trinajstić information content (AvgIpc) is 2.63. The lowest BCUT2D eigenvalue weighted by Crippen LogP contribution is -2.15. The van der Waals surface area contributed by atoms with Gasteiger partial charge in [-0.1, -0.05) is 13.0 Å². The molecule has 0 radical (unpaired) electrons. The molecule has 0 fully saturated rings. The van der Waals surface area contributed by atoms with Crippen molar-refractivity contribution >= 4 is 23.5 Å². The lowest BCUT2D eigenvalue weighted by atomic mass is 9.87. The molecule has 2 heterocycles. The van der Waals surface area contributed by atoms with Crippen LogP contribution in [0.15, 0.2) is 29.4 Å². The van der Waals surface area contributed by atoms with Crippen LogP contribution < -0.4 is 5.32 Å². The van der Waals surface area contributed by atoms with Gasteiger partial charge in [-0.3, -0.25) is 4.79 Å². The van der Waals surface area contributed by atoms with Crippen LogP contribution in [0.4, 0.5) is 5.82 Å². The number of carbonyl (C=O) groups excluding carboxylic acids is 1. The van der Waals surface area contributed by atoms with Gasteiger partial charge in [0.2, 0.25) is 5.91 Å². The van der Waals surface area contributed by atoms with Crippen LogP contribution in [-0.2, 0) is 17.6 Å². The summed E-state index contributed by atoms with van der Waals surface area (Å²) in [5.41, 5.74) is 3.98. The summed E-state index contributed by atoms with van der Waals surface area (Å²) < 4.78 is 0. The number of anilines is 1. The molecule has 1 atom stereocenters. The highest BCUT2D eigenvalue weighted by molar-refractivity contribution is 7.99. The van der Waals surface area contributed by atoms with Crippen LogP contribution in [0.5, 0.6) is 0 Å². The Kier molecular flexibility index (Phi) is 5.89. The zero-order valence-electron chi connectivity index (χ0n) is 15.1. The zero-order valence-corrected chi connectivity index (χ0v) is 15.9. The second kappa shape index (κ2) is 8.33. The normalized spacial score (nSPS) is 15.8. The number of nitrogens with one attached hydrogen (secondary N) is 1. The van der Waals surface area contributed by atoms with E-state index >= 15 is 0 Å². The molecule has 1 amide bonds. The van der Waals surface area contributed by atoms with E-state index in [4.69, 9.17) is 4.98 Å². The molecule has 0 bridgehead atoms. The number of aromatic nitrogens is 2. The largest absolute Gasteiger partial charge is 0.311 e. The lowest BCUT2D eigenvalue weighted by Gasteiger charge is -2.21. The Balaban J connectivity index is 1.58. The number of fused-ring (bicyclic) bond motifs is 1. The van der Waals surface area contributed by atoms with E-state index < -0.39 is 0 Å². The molecule has 6 heteroatoms. The predicted molar refractivity (Wildman–Crippen MR) is 103 cm³/mol. The maximum Gasteiger partial charge on any atom is 0.226 e. The number of hydrogen-bond donors (Lipinski definition) is 1. The molecule has 0 spiro atoms. The number of carbonyl (C=O) groups is 1. The minimum atomic E-state index is -0.0841. The van der Waals surface area contributed by atoms with Gasteiger partial charge in [-0.25, -0.2) is 9.97 Å². The number of thioether (sulfide) groups is 1. The summed E-state index contributed by atoms with van der Waals surface area (Å²) in [7, 11) is 0. The van der Waals surface area contributed by atoms with E-state index in [1.54, 1.807) is 12.3 Å². The molecule has 0 aliphatic heterocycles. The smallest absolute Gasteiger partial charge is 0.226 e. The molecule has 26 heavy (non-hydrogen) atoms. The minimum Gasteiger partial charge on any atom is -0.311 e. The van der Waals surface area contributed by atoms with Crippen LogP contribution >= 0.6 is 11.8 Å². The summed E-state index contributed by atoms with van der Waals surface area (Å²) in [5.74, 6) is 1.70. The summed E-state index contributed by atoms with van der Waals surface area (Å²) in [4.78, 5) is 20.9. The van der Waals surface area contributed by atoms with Gasteiger partial charge in [-0.15, -0.1) is 11.8 Å².